The maximum Gasteiger partial charge on any atom is 0.369 e. The molecule has 100 valence electrons. The van der Waals surface area contributed by atoms with Crippen molar-refractivity contribution in [1.29, 1.82) is 0 Å². The summed E-state index contributed by atoms with van der Waals surface area (Å²) in [5.41, 5.74) is -0.934. The molecule has 0 aliphatic rings. The van der Waals surface area contributed by atoms with E-state index in [1.54, 1.807) is 26.0 Å². The second-order valence-electron chi connectivity index (χ2n) is 3.52. The van der Waals surface area contributed by atoms with E-state index in [1.807, 2.05) is 0 Å². The van der Waals surface area contributed by atoms with Crippen molar-refractivity contribution in [3.63, 3.8) is 0 Å². The number of hydrogen-bond acceptors (Lipinski definition) is 6. The van der Waals surface area contributed by atoms with Crippen LogP contribution in [0, 0.1) is 0 Å². The van der Waals surface area contributed by atoms with Gasteiger partial charge in [0, 0.05) is 12.4 Å². The van der Waals surface area contributed by atoms with Crippen molar-refractivity contribution in [2.45, 2.75) is 20.5 Å². The summed E-state index contributed by atoms with van der Waals surface area (Å²) < 4.78 is 4.13. The van der Waals surface area contributed by atoms with E-state index in [2.05, 4.69) is 20.9 Å². The highest BCUT2D eigenvalue weighted by Crippen LogP contribution is 1.81. The first-order valence-corrected chi connectivity index (χ1v) is 5.47. The minimum atomic E-state index is -0.467. The topological polar surface area (TPSA) is 105 Å². The van der Waals surface area contributed by atoms with Crippen LogP contribution in [0.1, 0.15) is 13.8 Å². The summed E-state index contributed by atoms with van der Waals surface area (Å²) in [5.74, 6) is 0. The molecule has 0 saturated carbocycles. The molecule has 0 bridgehead atoms. The summed E-state index contributed by atoms with van der Waals surface area (Å²) in [6, 6.07) is 0. The van der Waals surface area contributed by atoms with Gasteiger partial charge in [-0.15, -0.1) is 0 Å². The Morgan fingerprint density at radius 2 is 1.26 bits per heavy atom. The highest BCUT2D eigenvalue weighted by molar-refractivity contribution is 5.16. The second kappa shape index (κ2) is 5.25. The number of allylic oxidation sites excluding steroid dienone is 2. The fraction of sp³-hybridized carbons (Fsp3) is 0.333. The van der Waals surface area contributed by atoms with Gasteiger partial charge in [-0.05, 0) is 34.7 Å². The molecule has 0 unspecified atom stereocenters. The van der Waals surface area contributed by atoms with Crippen molar-refractivity contribution >= 4 is 12.4 Å². The van der Waals surface area contributed by atoms with Gasteiger partial charge in [-0.2, -0.15) is 18.7 Å². The van der Waals surface area contributed by atoms with Crippen LogP contribution in [0.15, 0.2) is 21.7 Å². The van der Waals surface area contributed by atoms with E-state index in [4.69, 9.17) is 0 Å². The van der Waals surface area contributed by atoms with Crippen LogP contribution < -0.4 is 11.4 Å². The molecule has 0 radical (unpaired) electrons. The smallest absolute Gasteiger partial charge is 0.244 e. The Hall–Kier alpha value is -2.78. The number of rotatable bonds is 4. The van der Waals surface area contributed by atoms with Crippen LogP contribution in [0.25, 0.3) is 12.4 Å². The zero-order valence-electron chi connectivity index (χ0n) is 10.4. The summed E-state index contributed by atoms with van der Waals surface area (Å²) in [6.07, 6.45) is 6.22. The van der Waals surface area contributed by atoms with Crippen molar-refractivity contribution in [2.24, 2.45) is 0 Å². The van der Waals surface area contributed by atoms with Gasteiger partial charge in [-0.1, -0.05) is 12.2 Å². The fourth-order valence-corrected chi connectivity index (χ4v) is 1.35. The first kappa shape index (κ1) is 12.7. The van der Waals surface area contributed by atoms with Crippen LogP contribution in [-0.2, 0) is 6.67 Å². The van der Waals surface area contributed by atoms with Gasteiger partial charge in [0.05, 0.1) is 0 Å². The van der Waals surface area contributed by atoms with E-state index >= 15 is 0 Å². The maximum atomic E-state index is 11.8. The molecule has 0 aromatic carbocycles. The SMILES string of the molecule is C/C=C/n1nnn(Cn2nnn(/C=C/C)c2=O)c1=O. The fourth-order valence-electron chi connectivity index (χ4n) is 1.35. The Labute approximate surface area is 106 Å². The lowest BCUT2D eigenvalue weighted by atomic mass is 10.7. The molecule has 0 fully saturated rings. The average Bonchev–Trinajstić information content (AvgIpc) is 2.90. The minimum absolute atomic E-state index is 0.146. The first-order chi connectivity index (χ1) is 9.17. The molecule has 2 aromatic rings. The maximum absolute atomic E-state index is 11.8. The van der Waals surface area contributed by atoms with Crippen molar-refractivity contribution in [3.8, 4) is 0 Å². The molecule has 10 heteroatoms. The molecule has 0 spiro atoms. The van der Waals surface area contributed by atoms with Gasteiger partial charge in [0.25, 0.3) is 0 Å². The number of hydrogen-bond donors (Lipinski definition) is 0. The Morgan fingerprint density at radius 1 is 0.842 bits per heavy atom. The van der Waals surface area contributed by atoms with E-state index in [-0.39, 0.29) is 6.67 Å². The van der Waals surface area contributed by atoms with E-state index in [1.165, 1.54) is 12.4 Å². The molecule has 0 N–H and O–H groups in total. The third kappa shape index (κ3) is 2.41. The Balaban J connectivity index is 2.32. The third-order valence-electron chi connectivity index (χ3n) is 2.17. The molecule has 0 amide bonds. The quantitative estimate of drug-likeness (QED) is 0.678. The summed E-state index contributed by atoms with van der Waals surface area (Å²) in [7, 11) is 0. The van der Waals surface area contributed by atoms with Crippen molar-refractivity contribution < 1.29 is 0 Å². The zero-order valence-corrected chi connectivity index (χ0v) is 10.4. The number of nitrogens with zero attached hydrogens (tertiary/aromatic N) is 8. The molecule has 0 aliphatic heterocycles. The predicted octanol–water partition coefficient (Wildman–Crippen LogP) is -1.32. The predicted molar refractivity (Wildman–Crippen MR) is 66.0 cm³/mol. The van der Waals surface area contributed by atoms with Crippen molar-refractivity contribution in [1.82, 2.24) is 39.6 Å². The van der Waals surface area contributed by atoms with Gasteiger partial charge in [0.1, 0.15) is 6.67 Å². The van der Waals surface area contributed by atoms with Crippen molar-refractivity contribution in [2.75, 3.05) is 0 Å². The lowest BCUT2D eigenvalue weighted by Crippen LogP contribution is -2.31. The summed E-state index contributed by atoms with van der Waals surface area (Å²) >= 11 is 0. The third-order valence-corrected chi connectivity index (χ3v) is 2.17. The molecule has 2 rings (SSSR count). The monoisotopic (exact) mass is 264 g/mol. The van der Waals surface area contributed by atoms with Crippen LogP contribution in [0.2, 0.25) is 0 Å². The van der Waals surface area contributed by atoms with Gasteiger partial charge >= 0.3 is 11.4 Å². The summed E-state index contributed by atoms with van der Waals surface area (Å²) in [6.45, 7) is 3.35. The van der Waals surface area contributed by atoms with Crippen LogP contribution in [-0.4, -0.2) is 39.6 Å². The number of aromatic nitrogens is 8. The molecule has 2 heterocycles. The minimum Gasteiger partial charge on any atom is -0.244 e. The van der Waals surface area contributed by atoms with Gasteiger partial charge in [-0.25, -0.2) is 9.59 Å². The van der Waals surface area contributed by atoms with Crippen LogP contribution >= 0.6 is 0 Å². The summed E-state index contributed by atoms with van der Waals surface area (Å²) in [5, 5.41) is 14.5. The molecule has 0 atom stereocenters. The normalized spacial score (nSPS) is 11.9. The lowest BCUT2D eigenvalue weighted by Gasteiger charge is -1.94. The first-order valence-electron chi connectivity index (χ1n) is 5.47. The lowest BCUT2D eigenvalue weighted by molar-refractivity contribution is 0.459. The molecule has 0 aliphatic carbocycles. The van der Waals surface area contributed by atoms with Gasteiger partial charge in [0.2, 0.25) is 0 Å². The molecule has 19 heavy (non-hydrogen) atoms. The van der Waals surface area contributed by atoms with E-state index in [9.17, 15) is 9.59 Å². The second-order valence-corrected chi connectivity index (χ2v) is 3.52. The number of tetrazole rings is 2. The molecular formula is C9H12N8O2. The Kier molecular flexibility index (Phi) is 3.50. The zero-order chi connectivity index (χ0) is 13.8. The van der Waals surface area contributed by atoms with Crippen LogP contribution in [0.5, 0.6) is 0 Å². The van der Waals surface area contributed by atoms with Gasteiger partial charge in [0.15, 0.2) is 0 Å². The van der Waals surface area contributed by atoms with Crippen molar-refractivity contribution in [3.05, 3.63) is 33.1 Å². The molecule has 10 nitrogen and oxygen atoms in total. The highest BCUT2D eigenvalue weighted by Gasteiger charge is 2.09. The Bertz CT molecular complexity index is 666. The van der Waals surface area contributed by atoms with E-state index in [0.29, 0.717) is 0 Å². The Morgan fingerprint density at radius 3 is 1.63 bits per heavy atom. The highest BCUT2D eigenvalue weighted by atomic mass is 16.2. The van der Waals surface area contributed by atoms with Gasteiger partial charge in [-0.3, -0.25) is 0 Å². The van der Waals surface area contributed by atoms with Crippen LogP contribution in [0.3, 0.4) is 0 Å². The van der Waals surface area contributed by atoms with Crippen LogP contribution in [0.4, 0.5) is 0 Å². The van der Waals surface area contributed by atoms with E-state index in [0.717, 1.165) is 18.7 Å². The molecular weight excluding hydrogens is 252 g/mol. The molecule has 2 aromatic heterocycles. The standard InChI is InChI=1S/C9H12N8O2/c1-3-5-14-8(18)16(12-10-14)7-17-9(19)15(6-4-2)11-13-17/h3-6H,7H2,1-2H3/b5-3+,6-4+. The average molecular weight is 264 g/mol. The van der Waals surface area contributed by atoms with E-state index < -0.39 is 11.4 Å². The summed E-state index contributed by atoms with van der Waals surface area (Å²) in [4.78, 5) is 23.5. The largest absolute Gasteiger partial charge is 0.369 e. The van der Waals surface area contributed by atoms with Gasteiger partial charge < -0.3 is 0 Å². The molecule has 0 saturated heterocycles.